The van der Waals surface area contributed by atoms with Gasteiger partial charge in [-0.2, -0.15) is 0 Å². The van der Waals surface area contributed by atoms with Gasteiger partial charge in [-0.25, -0.2) is 17.5 Å². The average molecular weight is 478 g/mol. The third-order valence-corrected chi connectivity index (χ3v) is 7.76. The minimum atomic E-state index is -3.68. The fourth-order valence-corrected chi connectivity index (χ4v) is 5.59. The number of halogens is 1. The Labute approximate surface area is 197 Å². The van der Waals surface area contributed by atoms with Crippen LogP contribution in [0.15, 0.2) is 77.7 Å². The van der Waals surface area contributed by atoms with Crippen LogP contribution < -0.4 is 0 Å². The number of rotatable bonds is 6. The molecule has 0 unspecified atom stereocenters. The molecule has 34 heavy (non-hydrogen) atoms. The number of hydrogen-bond acceptors (Lipinski definition) is 6. The molecule has 0 radical (unpaired) electrons. The first kappa shape index (κ1) is 22.4. The van der Waals surface area contributed by atoms with E-state index in [1.807, 2.05) is 19.1 Å². The maximum atomic E-state index is 13.7. The number of hydrogen-bond donors (Lipinski definition) is 0. The van der Waals surface area contributed by atoms with Crippen LogP contribution in [0.25, 0.3) is 0 Å². The van der Waals surface area contributed by atoms with Crippen LogP contribution in [0.2, 0.25) is 0 Å². The van der Waals surface area contributed by atoms with Gasteiger partial charge in [-0.3, -0.25) is 4.90 Å². The van der Waals surface area contributed by atoms with E-state index in [0.29, 0.717) is 12.4 Å². The summed E-state index contributed by atoms with van der Waals surface area (Å²) >= 11 is 0. The molecule has 0 bridgehead atoms. The molecule has 1 aromatic heterocycles. The third-order valence-electron chi connectivity index (χ3n) is 6.19. The molecule has 0 fully saturated rings. The average Bonchev–Trinajstić information content (AvgIpc) is 3.27. The van der Waals surface area contributed by atoms with Crippen molar-refractivity contribution in [2.45, 2.75) is 36.7 Å². The largest absolute Gasteiger partial charge is 0.285 e. The Morgan fingerprint density at radius 1 is 0.971 bits per heavy atom. The molecule has 0 aliphatic carbocycles. The van der Waals surface area contributed by atoms with Gasteiger partial charge in [-0.15, -0.1) is 5.10 Å². The van der Waals surface area contributed by atoms with Gasteiger partial charge in [0.15, 0.2) is 21.5 Å². The van der Waals surface area contributed by atoms with E-state index in [1.165, 1.54) is 27.9 Å². The van der Waals surface area contributed by atoms with Gasteiger partial charge in [0.1, 0.15) is 5.82 Å². The summed E-state index contributed by atoms with van der Waals surface area (Å²) in [5, 5.41) is 12.1. The molecular formula is C25H24FN5O2S. The maximum Gasteiger partial charge on any atom is 0.198 e. The van der Waals surface area contributed by atoms with Crippen LogP contribution in [0.4, 0.5) is 4.39 Å². The van der Waals surface area contributed by atoms with Gasteiger partial charge in [0.25, 0.3) is 0 Å². The van der Waals surface area contributed by atoms with E-state index in [1.54, 1.807) is 36.4 Å². The van der Waals surface area contributed by atoms with Crippen molar-refractivity contribution >= 4 is 9.84 Å². The molecule has 5 rings (SSSR count). The van der Waals surface area contributed by atoms with E-state index in [9.17, 15) is 12.8 Å². The topological polar surface area (TPSA) is 81.0 Å². The molecule has 3 aromatic carbocycles. The summed E-state index contributed by atoms with van der Waals surface area (Å²) in [6, 6.07) is 20.7. The number of benzene rings is 3. The van der Waals surface area contributed by atoms with Crippen LogP contribution in [-0.2, 0) is 28.7 Å². The fraction of sp³-hybridized carbons (Fsp3) is 0.240. The minimum absolute atomic E-state index is 0.213. The van der Waals surface area contributed by atoms with Gasteiger partial charge >= 0.3 is 0 Å². The highest BCUT2D eigenvalue weighted by molar-refractivity contribution is 7.90. The van der Waals surface area contributed by atoms with E-state index in [4.69, 9.17) is 0 Å². The molecule has 0 N–H and O–H groups in total. The zero-order valence-corrected chi connectivity index (χ0v) is 19.5. The lowest BCUT2D eigenvalue weighted by molar-refractivity contribution is 0.195. The number of aryl methyl sites for hydroxylation is 1. The Kier molecular flexibility index (Phi) is 5.97. The molecule has 1 aliphatic heterocycles. The predicted molar refractivity (Wildman–Crippen MR) is 125 cm³/mol. The molecule has 1 aliphatic rings. The maximum absolute atomic E-state index is 13.7. The number of fused-ring (bicyclic) bond motifs is 1. The van der Waals surface area contributed by atoms with Crippen LogP contribution in [0, 0.1) is 12.7 Å². The van der Waals surface area contributed by atoms with Crippen LogP contribution >= 0.6 is 0 Å². The Balaban J connectivity index is 1.53. The number of sulfone groups is 1. The van der Waals surface area contributed by atoms with Crippen molar-refractivity contribution in [3.05, 3.63) is 107 Å². The monoisotopic (exact) mass is 477 g/mol. The van der Waals surface area contributed by atoms with Gasteiger partial charge in [-0.1, -0.05) is 54.1 Å². The van der Waals surface area contributed by atoms with Crippen LogP contribution in [0.3, 0.4) is 0 Å². The van der Waals surface area contributed by atoms with Gasteiger partial charge in [0.05, 0.1) is 10.9 Å². The first-order chi connectivity index (χ1) is 16.4. The second-order valence-electron chi connectivity index (χ2n) is 8.54. The zero-order valence-electron chi connectivity index (χ0n) is 18.7. The smallest absolute Gasteiger partial charge is 0.198 e. The molecule has 9 heteroatoms. The summed E-state index contributed by atoms with van der Waals surface area (Å²) in [6.45, 7) is 3.28. The Morgan fingerprint density at radius 2 is 1.68 bits per heavy atom. The second-order valence-corrected chi connectivity index (χ2v) is 10.5. The molecule has 0 saturated carbocycles. The predicted octanol–water partition coefficient (Wildman–Crippen LogP) is 3.70. The number of aromatic nitrogens is 4. The highest BCUT2D eigenvalue weighted by Crippen LogP contribution is 2.32. The minimum Gasteiger partial charge on any atom is -0.285 e. The molecule has 1 atom stereocenters. The van der Waals surface area contributed by atoms with Gasteiger partial charge in [-0.05, 0) is 64.7 Å². The molecule has 0 saturated heterocycles. The van der Waals surface area contributed by atoms with Gasteiger partial charge in [0, 0.05) is 13.1 Å². The third kappa shape index (κ3) is 4.49. The summed E-state index contributed by atoms with van der Waals surface area (Å²) < 4.78 is 41.3. The lowest BCUT2D eigenvalue weighted by Gasteiger charge is -2.35. The van der Waals surface area contributed by atoms with Crippen LogP contribution in [-0.4, -0.2) is 40.1 Å². The van der Waals surface area contributed by atoms with Crippen molar-refractivity contribution in [1.29, 1.82) is 0 Å². The summed E-state index contributed by atoms with van der Waals surface area (Å²) in [5.41, 5.74) is 4.26. The number of tetrazole rings is 1. The van der Waals surface area contributed by atoms with Crippen molar-refractivity contribution in [2.24, 2.45) is 0 Å². The lowest BCUT2D eigenvalue weighted by Crippen LogP contribution is -2.36. The number of nitrogens with zero attached hydrogens (tertiary/aromatic N) is 5. The van der Waals surface area contributed by atoms with Crippen molar-refractivity contribution in [3.63, 3.8) is 0 Å². The summed E-state index contributed by atoms with van der Waals surface area (Å²) in [7, 11) is -3.68. The Hall–Kier alpha value is -3.43. The van der Waals surface area contributed by atoms with Crippen LogP contribution in [0.5, 0.6) is 0 Å². The molecule has 174 valence electrons. The van der Waals surface area contributed by atoms with Crippen molar-refractivity contribution in [3.8, 4) is 0 Å². The summed E-state index contributed by atoms with van der Waals surface area (Å²) in [4.78, 5) is 2.42. The van der Waals surface area contributed by atoms with Gasteiger partial charge < -0.3 is 0 Å². The molecular weight excluding hydrogens is 453 g/mol. The summed E-state index contributed by atoms with van der Waals surface area (Å²) in [5.74, 6) is -0.324. The molecule has 0 spiro atoms. The molecule has 0 amide bonds. The van der Waals surface area contributed by atoms with Gasteiger partial charge in [0.2, 0.25) is 0 Å². The molecule has 7 nitrogen and oxygen atoms in total. The first-order valence-electron chi connectivity index (χ1n) is 11.0. The standard InChI is InChI=1S/C25H24FN5O2S/c1-18-6-12-23(13-7-18)34(32,33)17-31-25(27-28-29-31)24(20-8-10-22(26)11-9-20)30-15-14-19-4-2-3-5-21(19)16-30/h2-13,24H,14-17H2,1H3/t24-/m0/s1. The Morgan fingerprint density at radius 3 is 2.41 bits per heavy atom. The quantitative estimate of drug-likeness (QED) is 0.421. The van der Waals surface area contributed by atoms with E-state index in [-0.39, 0.29) is 16.6 Å². The highest BCUT2D eigenvalue weighted by Gasteiger charge is 2.31. The van der Waals surface area contributed by atoms with Crippen molar-refractivity contribution < 1.29 is 12.8 Å². The van der Waals surface area contributed by atoms with Crippen LogP contribution in [0.1, 0.15) is 34.1 Å². The molecule has 2 heterocycles. The van der Waals surface area contributed by atoms with Crippen molar-refractivity contribution in [1.82, 2.24) is 25.1 Å². The normalized spacial score (nSPS) is 15.1. The van der Waals surface area contributed by atoms with E-state index in [0.717, 1.165) is 24.1 Å². The second kappa shape index (κ2) is 9.08. The zero-order chi connectivity index (χ0) is 23.7. The van der Waals surface area contributed by atoms with E-state index < -0.39 is 15.9 Å². The lowest BCUT2D eigenvalue weighted by atomic mass is 9.96. The summed E-state index contributed by atoms with van der Waals surface area (Å²) in [6.07, 6.45) is 0.844. The fourth-order valence-electron chi connectivity index (χ4n) is 4.39. The van der Waals surface area contributed by atoms with E-state index >= 15 is 0 Å². The highest BCUT2D eigenvalue weighted by atomic mass is 32.2. The van der Waals surface area contributed by atoms with Crippen molar-refractivity contribution in [2.75, 3.05) is 6.54 Å². The SMILES string of the molecule is Cc1ccc(S(=O)(=O)Cn2nnnc2[C@H](c2ccc(F)cc2)N2CCc3ccccc3C2)cc1. The first-order valence-corrected chi connectivity index (χ1v) is 12.7. The Bertz CT molecular complexity index is 1400. The molecule has 4 aromatic rings. The van der Waals surface area contributed by atoms with E-state index in [2.05, 4.69) is 32.6 Å².